The summed E-state index contributed by atoms with van der Waals surface area (Å²) < 4.78 is 22.4. The van der Waals surface area contributed by atoms with Gasteiger partial charge in [-0.25, -0.2) is 9.37 Å². The lowest BCUT2D eigenvalue weighted by molar-refractivity contribution is 0.372. The second-order valence-electron chi connectivity index (χ2n) is 7.70. The van der Waals surface area contributed by atoms with Gasteiger partial charge >= 0.3 is 0 Å². The fourth-order valence-electron chi connectivity index (χ4n) is 3.78. The zero-order chi connectivity index (χ0) is 23.1. The quantitative estimate of drug-likeness (QED) is 0.277. The normalized spacial score (nSPS) is 11.4. The van der Waals surface area contributed by atoms with Gasteiger partial charge in [0.1, 0.15) is 17.9 Å². The van der Waals surface area contributed by atoms with Crippen LogP contribution in [0.2, 0.25) is 0 Å². The van der Waals surface area contributed by atoms with Crippen LogP contribution in [0, 0.1) is 19.7 Å². The highest BCUT2D eigenvalue weighted by atomic mass is 32.2. The van der Waals surface area contributed by atoms with E-state index >= 15 is 0 Å². The SMILES string of the molecule is CSc1nc2cc(C)n(Cc3nc(-c4cccc(F)c4)no3)c2c(=O)n1-c1ccc(C)cc1. The Morgan fingerprint density at radius 3 is 2.58 bits per heavy atom. The van der Waals surface area contributed by atoms with Crippen molar-refractivity contribution in [3.8, 4) is 17.1 Å². The van der Waals surface area contributed by atoms with Gasteiger partial charge < -0.3 is 9.09 Å². The van der Waals surface area contributed by atoms with Crippen LogP contribution in [0.5, 0.6) is 0 Å². The molecule has 0 aliphatic rings. The number of rotatable bonds is 5. The molecule has 0 saturated carbocycles. The highest BCUT2D eigenvalue weighted by molar-refractivity contribution is 7.98. The second-order valence-corrected chi connectivity index (χ2v) is 8.48. The van der Waals surface area contributed by atoms with Crippen molar-refractivity contribution in [1.82, 2.24) is 24.3 Å². The van der Waals surface area contributed by atoms with E-state index in [1.54, 1.807) is 16.7 Å². The molecule has 0 amide bonds. The van der Waals surface area contributed by atoms with Crippen LogP contribution in [0.15, 0.2) is 69.1 Å². The van der Waals surface area contributed by atoms with Crippen LogP contribution in [0.25, 0.3) is 28.1 Å². The fraction of sp³-hybridized carbons (Fsp3) is 0.167. The van der Waals surface area contributed by atoms with Gasteiger partial charge in [0.15, 0.2) is 5.16 Å². The summed E-state index contributed by atoms with van der Waals surface area (Å²) in [4.78, 5) is 22.8. The van der Waals surface area contributed by atoms with Crippen LogP contribution in [0.4, 0.5) is 4.39 Å². The molecule has 2 aromatic carbocycles. The molecule has 3 heterocycles. The molecule has 33 heavy (non-hydrogen) atoms. The average Bonchev–Trinajstić information content (AvgIpc) is 3.39. The number of hydrogen-bond acceptors (Lipinski definition) is 6. The minimum atomic E-state index is -0.376. The minimum Gasteiger partial charge on any atom is -0.337 e. The molecule has 0 bridgehead atoms. The molecule has 7 nitrogen and oxygen atoms in total. The van der Waals surface area contributed by atoms with E-state index < -0.39 is 0 Å². The number of thioether (sulfide) groups is 1. The third-order valence-corrected chi connectivity index (χ3v) is 6.05. The van der Waals surface area contributed by atoms with E-state index in [0.717, 1.165) is 16.9 Å². The summed E-state index contributed by atoms with van der Waals surface area (Å²) in [6, 6.07) is 15.6. The highest BCUT2D eigenvalue weighted by Crippen LogP contribution is 2.23. The Labute approximate surface area is 192 Å². The van der Waals surface area contributed by atoms with Crippen LogP contribution < -0.4 is 5.56 Å². The number of benzene rings is 2. The van der Waals surface area contributed by atoms with Crippen molar-refractivity contribution in [3.63, 3.8) is 0 Å². The van der Waals surface area contributed by atoms with Gasteiger partial charge in [-0.1, -0.05) is 46.7 Å². The van der Waals surface area contributed by atoms with Crippen LogP contribution in [0.1, 0.15) is 17.1 Å². The van der Waals surface area contributed by atoms with Gasteiger partial charge in [0.05, 0.1) is 11.2 Å². The predicted molar refractivity (Wildman–Crippen MR) is 125 cm³/mol. The first-order chi connectivity index (χ1) is 15.9. The summed E-state index contributed by atoms with van der Waals surface area (Å²) in [5.74, 6) is 0.224. The second kappa shape index (κ2) is 8.32. The standard InChI is InChI=1S/C24H20FN5O2S/c1-14-7-9-18(10-8-14)30-23(31)21-19(26-24(30)33-3)11-15(2)29(21)13-20-27-22(28-32-20)16-5-4-6-17(25)12-16/h4-12H,13H2,1-3H3. The Balaban J connectivity index is 1.61. The zero-order valence-electron chi connectivity index (χ0n) is 18.2. The predicted octanol–water partition coefficient (Wildman–Crippen LogP) is 4.76. The first kappa shape index (κ1) is 21.1. The molecule has 0 N–H and O–H groups in total. The van der Waals surface area contributed by atoms with E-state index in [1.165, 1.54) is 23.9 Å². The van der Waals surface area contributed by atoms with Crippen molar-refractivity contribution in [2.24, 2.45) is 0 Å². The van der Waals surface area contributed by atoms with Crippen molar-refractivity contribution in [3.05, 3.63) is 87.9 Å². The van der Waals surface area contributed by atoms with Crippen molar-refractivity contribution in [1.29, 1.82) is 0 Å². The van der Waals surface area contributed by atoms with E-state index in [0.29, 0.717) is 33.5 Å². The van der Waals surface area contributed by atoms with Gasteiger partial charge in [-0.2, -0.15) is 4.98 Å². The van der Waals surface area contributed by atoms with Crippen molar-refractivity contribution < 1.29 is 8.91 Å². The number of nitrogens with zero attached hydrogens (tertiary/aromatic N) is 5. The van der Waals surface area contributed by atoms with Crippen LogP contribution in [-0.4, -0.2) is 30.5 Å². The summed E-state index contributed by atoms with van der Waals surface area (Å²) in [5, 5.41) is 4.58. The lowest BCUT2D eigenvalue weighted by Gasteiger charge is -2.12. The summed E-state index contributed by atoms with van der Waals surface area (Å²) >= 11 is 1.42. The Kier molecular flexibility index (Phi) is 5.33. The average molecular weight is 462 g/mol. The monoisotopic (exact) mass is 461 g/mol. The molecular weight excluding hydrogens is 441 g/mol. The molecule has 3 aromatic heterocycles. The van der Waals surface area contributed by atoms with E-state index in [1.807, 2.05) is 55.0 Å². The number of aromatic nitrogens is 5. The molecule has 0 atom stereocenters. The highest BCUT2D eigenvalue weighted by Gasteiger charge is 2.19. The third-order valence-electron chi connectivity index (χ3n) is 5.42. The minimum absolute atomic E-state index is 0.175. The first-order valence-corrected chi connectivity index (χ1v) is 11.5. The summed E-state index contributed by atoms with van der Waals surface area (Å²) in [6.07, 6.45) is 1.90. The van der Waals surface area contributed by atoms with E-state index in [-0.39, 0.29) is 17.9 Å². The molecule has 5 rings (SSSR count). The molecule has 9 heteroatoms. The molecule has 5 aromatic rings. The van der Waals surface area contributed by atoms with Crippen LogP contribution >= 0.6 is 11.8 Å². The van der Waals surface area contributed by atoms with Crippen molar-refractivity contribution in [2.75, 3.05) is 6.26 Å². The van der Waals surface area contributed by atoms with Gasteiger partial charge in [-0.15, -0.1) is 0 Å². The molecule has 0 radical (unpaired) electrons. The van der Waals surface area contributed by atoms with Crippen molar-refractivity contribution in [2.45, 2.75) is 25.5 Å². The number of aryl methyl sites for hydroxylation is 2. The van der Waals surface area contributed by atoms with Gasteiger partial charge in [0, 0.05) is 11.3 Å². The molecule has 0 fully saturated rings. The van der Waals surface area contributed by atoms with Gasteiger partial charge in [-0.3, -0.25) is 9.36 Å². The topological polar surface area (TPSA) is 78.7 Å². The maximum absolute atomic E-state index is 13.7. The lowest BCUT2D eigenvalue weighted by atomic mass is 10.2. The van der Waals surface area contributed by atoms with E-state index in [4.69, 9.17) is 9.51 Å². The fourth-order valence-corrected chi connectivity index (χ4v) is 4.34. The summed E-state index contributed by atoms with van der Waals surface area (Å²) in [6.45, 7) is 4.10. The maximum atomic E-state index is 13.7. The van der Waals surface area contributed by atoms with Gasteiger partial charge in [0.25, 0.3) is 5.56 Å². The van der Waals surface area contributed by atoms with Crippen LogP contribution in [0.3, 0.4) is 0 Å². The summed E-state index contributed by atoms with van der Waals surface area (Å²) in [7, 11) is 0. The largest absolute Gasteiger partial charge is 0.337 e. The summed E-state index contributed by atoms with van der Waals surface area (Å²) in [5.41, 5.74) is 4.11. The van der Waals surface area contributed by atoms with E-state index in [2.05, 4.69) is 10.1 Å². The number of halogens is 1. The molecule has 166 valence electrons. The zero-order valence-corrected chi connectivity index (χ0v) is 19.1. The smallest absolute Gasteiger partial charge is 0.283 e. The molecule has 0 unspecified atom stereocenters. The Morgan fingerprint density at radius 2 is 1.85 bits per heavy atom. The van der Waals surface area contributed by atoms with E-state index in [9.17, 15) is 9.18 Å². The molecule has 0 aliphatic heterocycles. The lowest BCUT2D eigenvalue weighted by Crippen LogP contribution is -2.23. The van der Waals surface area contributed by atoms with Crippen molar-refractivity contribution >= 4 is 22.8 Å². The number of hydrogen-bond donors (Lipinski definition) is 0. The Morgan fingerprint density at radius 1 is 1.06 bits per heavy atom. The van der Waals surface area contributed by atoms with Gasteiger partial charge in [0.2, 0.25) is 11.7 Å². The number of fused-ring (bicyclic) bond motifs is 1. The van der Waals surface area contributed by atoms with Crippen LogP contribution in [-0.2, 0) is 6.54 Å². The maximum Gasteiger partial charge on any atom is 0.283 e. The Hall–Kier alpha value is -3.72. The molecular formula is C24H20FN5O2S. The van der Waals surface area contributed by atoms with Gasteiger partial charge in [-0.05, 0) is 50.4 Å². The third kappa shape index (κ3) is 3.84. The Bertz CT molecular complexity index is 1540. The molecule has 0 aliphatic carbocycles. The first-order valence-electron chi connectivity index (χ1n) is 10.3. The molecule has 0 spiro atoms. The molecule has 0 saturated heterocycles.